The predicted octanol–water partition coefficient (Wildman–Crippen LogP) is 2.74. The van der Waals surface area contributed by atoms with Crippen molar-refractivity contribution >= 4 is 22.9 Å². The zero-order chi connectivity index (χ0) is 20.2. The van der Waals surface area contributed by atoms with Crippen LogP contribution in [-0.2, 0) is 4.79 Å². The van der Waals surface area contributed by atoms with Crippen LogP contribution in [0.5, 0.6) is 0 Å². The number of aromatic nitrogens is 4. The molecule has 8 heteroatoms. The molecule has 0 bridgehead atoms. The molecule has 0 aliphatic carbocycles. The molecular weight excluding hydrogens is 366 g/mol. The van der Waals surface area contributed by atoms with E-state index in [1.165, 1.54) is 0 Å². The lowest BCUT2D eigenvalue weighted by Gasteiger charge is -2.15. The average Bonchev–Trinajstić information content (AvgIpc) is 3.34. The number of rotatable bonds is 7. The standard InChI is InChI=1S/C21H23N7O/c1-14-13-24-21(23-9-5-11-28-10-4-8-18(28)29)27-19(14)15(12-22)20-25-16-6-2-3-7-17(16)26-20/h2-3,6-7,13,15H,4-5,8-11H2,1H3,(H,25,26)(H,23,24,27). The topological polar surface area (TPSA) is 111 Å². The molecule has 1 unspecified atom stereocenters. The Labute approximate surface area is 169 Å². The van der Waals surface area contributed by atoms with Crippen LogP contribution >= 0.6 is 0 Å². The molecule has 1 aliphatic heterocycles. The van der Waals surface area contributed by atoms with Crippen molar-refractivity contribution in [3.63, 3.8) is 0 Å². The summed E-state index contributed by atoms with van der Waals surface area (Å²) in [5.41, 5.74) is 3.19. The molecule has 0 radical (unpaired) electrons. The number of nitriles is 1. The molecular formula is C21H23N7O. The number of nitrogens with zero attached hydrogens (tertiary/aromatic N) is 5. The minimum absolute atomic E-state index is 0.238. The van der Waals surface area contributed by atoms with Crippen molar-refractivity contribution in [2.24, 2.45) is 0 Å². The summed E-state index contributed by atoms with van der Waals surface area (Å²) in [5, 5.41) is 13.0. The van der Waals surface area contributed by atoms with Crippen LogP contribution in [0.3, 0.4) is 0 Å². The van der Waals surface area contributed by atoms with Crippen molar-refractivity contribution in [2.45, 2.75) is 32.1 Å². The lowest BCUT2D eigenvalue weighted by atomic mass is 10.0. The number of para-hydroxylation sites is 2. The summed E-state index contributed by atoms with van der Waals surface area (Å²) in [7, 11) is 0. The monoisotopic (exact) mass is 389 g/mol. The summed E-state index contributed by atoms with van der Waals surface area (Å²) >= 11 is 0. The van der Waals surface area contributed by atoms with Crippen molar-refractivity contribution in [1.29, 1.82) is 5.26 Å². The van der Waals surface area contributed by atoms with E-state index < -0.39 is 5.92 Å². The molecule has 1 aliphatic rings. The maximum atomic E-state index is 11.7. The van der Waals surface area contributed by atoms with E-state index in [4.69, 9.17) is 0 Å². The van der Waals surface area contributed by atoms with Gasteiger partial charge in [-0.15, -0.1) is 0 Å². The molecule has 0 spiro atoms. The Kier molecular flexibility index (Phi) is 5.38. The van der Waals surface area contributed by atoms with E-state index in [1.807, 2.05) is 36.1 Å². The molecule has 0 saturated carbocycles. The molecule has 29 heavy (non-hydrogen) atoms. The quantitative estimate of drug-likeness (QED) is 0.601. The summed E-state index contributed by atoms with van der Waals surface area (Å²) in [4.78, 5) is 30.3. The Morgan fingerprint density at radius 3 is 2.97 bits per heavy atom. The second-order valence-corrected chi connectivity index (χ2v) is 7.23. The lowest BCUT2D eigenvalue weighted by molar-refractivity contribution is -0.127. The van der Waals surface area contributed by atoms with Gasteiger partial charge in [-0.1, -0.05) is 12.1 Å². The molecule has 3 aromatic rings. The Balaban J connectivity index is 1.46. The minimum atomic E-state index is -0.604. The molecule has 148 valence electrons. The smallest absolute Gasteiger partial charge is 0.222 e. The SMILES string of the molecule is Cc1cnc(NCCCN2CCCC2=O)nc1C(C#N)c1nc2ccccc2[nH]1. The highest BCUT2D eigenvalue weighted by atomic mass is 16.2. The number of imidazole rings is 1. The van der Waals surface area contributed by atoms with Gasteiger partial charge in [-0.25, -0.2) is 15.0 Å². The van der Waals surface area contributed by atoms with Gasteiger partial charge in [0.25, 0.3) is 0 Å². The highest BCUT2D eigenvalue weighted by molar-refractivity contribution is 5.78. The highest BCUT2D eigenvalue weighted by Crippen LogP contribution is 2.25. The molecule has 4 rings (SSSR count). The Hall–Kier alpha value is -3.47. The normalized spacial score (nSPS) is 14.9. The molecule has 8 nitrogen and oxygen atoms in total. The Bertz CT molecular complexity index is 1040. The number of hydrogen-bond acceptors (Lipinski definition) is 6. The molecule has 2 N–H and O–H groups in total. The van der Waals surface area contributed by atoms with E-state index in [0.29, 0.717) is 30.4 Å². The van der Waals surface area contributed by atoms with Gasteiger partial charge in [0.05, 0.1) is 22.8 Å². The number of carbonyl (C=O) groups is 1. The summed E-state index contributed by atoms with van der Waals surface area (Å²) < 4.78 is 0. The van der Waals surface area contributed by atoms with Crippen LogP contribution in [-0.4, -0.2) is 50.4 Å². The third-order valence-corrected chi connectivity index (χ3v) is 5.15. The van der Waals surface area contributed by atoms with E-state index in [1.54, 1.807) is 6.20 Å². The first-order chi connectivity index (χ1) is 14.2. The fraction of sp³-hybridized carbons (Fsp3) is 0.381. The van der Waals surface area contributed by atoms with Crippen molar-refractivity contribution < 1.29 is 4.79 Å². The maximum absolute atomic E-state index is 11.7. The van der Waals surface area contributed by atoms with Crippen LogP contribution in [0.25, 0.3) is 11.0 Å². The van der Waals surface area contributed by atoms with Gasteiger partial charge < -0.3 is 15.2 Å². The first-order valence-electron chi connectivity index (χ1n) is 9.85. The number of likely N-dealkylation sites (tertiary alicyclic amines) is 1. The van der Waals surface area contributed by atoms with Gasteiger partial charge in [0.1, 0.15) is 11.7 Å². The van der Waals surface area contributed by atoms with E-state index in [-0.39, 0.29) is 5.91 Å². The van der Waals surface area contributed by atoms with E-state index >= 15 is 0 Å². The van der Waals surface area contributed by atoms with Gasteiger partial charge >= 0.3 is 0 Å². The van der Waals surface area contributed by atoms with Gasteiger partial charge in [-0.2, -0.15) is 5.26 Å². The number of aryl methyl sites for hydroxylation is 1. The Morgan fingerprint density at radius 1 is 1.34 bits per heavy atom. The molecule has 1 saturated heterocycles. The van der Waals surface area contributed by atoms with E-state index in [2.05, 4.69) is 31.3 Å². The molecule has 3 heterocycles. The van der Waals surface area contributed by atoms with E-state index in [0.717, 1.165) is 42.5 Å². The maximum Gasteiger partial charge on any atom is 0.222 e. The summed E-state index contributed by atoms with van der Waals surface area (Å²) in [6, 6.07) is 10.0. The van der Waals surface area contributed by atoms with Gasteiger partial charge in [0, 0.05) is 32.3 Å². The third-order valence-electron chi connectivity index (χ3n) is 5.15. The minimum Gasteiger partial charge on any atom is -0.354 e. The molecule has 1 amide bonds. The lowest BCUT2D eigenvalue weighted by Crippen LogP contribution is -2.27. The molecule has 1 fully saturated rings. The number of aromatic amines is 1. The van der Waals surface area contributed by atoms with Crippen LogP contribution in [0.15, 0.2) is 30.5 Å². The number of hydrogen-bond donors (Lipinski definition) is 2. The number of benzene rings is 1. The van der Waals surface area contributed by atoms with Crippen molar-refractivity contribution in [1.82, 2.24) is 24.8 Å². The Morgan fingerprint density at radius 2 is 2.21 bits per heavy atom. The number of amides is 1. The second-order valence-electron chi connectivity index (χ2n) is 7.23. The van der Waals surface area contributed by atoms with Gasteiger partial charge in [-0.05, 0) is 37.5 Å². The predicted molar refractivity (Wildman–Crippen MR) is 109 cm³/mol. The highest BCUT2D eigenvalue weighted by Gasteiger charge is 2.22. The summed E-state index contributed by atoms with van der Waals surface area (Å²) in [5.74, 6) is 0.693. The van der Waals surface area contributed by atoms with Crippen molar-refractivity contribution in [3.8, 4) is 6.07 Å². The van der Waals surface area contributed by atoms with Crippen molar-refractivity contribution in [2.75, 3.05) is 25.0 Å². The molecule has 1 aromatic carbocycles. The number of anilines is 1. The van der Waals surface area contributed by atoms with Crippen LogP contribution in [0, 0.1) is 18.3 Å². The molecule has 2 aromatic heterocycles. The third kappa shape index (κ3) is 4.04. The van der Waals surface area contributed by atoms with Crippen LogP contribution in [0.4, 0.5) is 5.95 Å². The largest absolute Gasteiger partial charge is 0.354 e. The van der Waals surface area contributed by atoms with Crippen LogP contribution in [0.2, 0.25) is 0 Å². The second kappa shape index (κ2) is 8.27. The van der Waals surface area contributed by atoms with E-state index in [9.17, 15) is 10.1 Å². The van der Waals surface area contributed by atoms with Crippen LogP contribution < -0.4 is 5.32 Å². The fourth-order valence-corrected chi connectivity index (χ4v) is 3.60. The summed E-state index contributed by atoms with van der Waals surface area (Å²) in [6.07, 6.45) is 4.16. The van der Waals surface area contributed by atoms with Crippen molar-refractivity contribution in [3.05, 3.63) is 47.5 Å². The fourth-order valence-electron chi connectivity index (χ4n) is 3.60. The zero-order valence-corrected chi connectivity index (χ0v) is 16.4. The number of carbonyl (C=O) groups excluding carboxylic acids is 1. The number of H-pyrrole nitrogens is 1. The summed E-state index contributed by atoms with van der Waals surface area (Å²) in [6.45, 7) is 4.15. The van der Waals surface area contributed by atoms with Gasteiger partial charge in [-0.3, -0.25) is 4.79 Å². The average molecular weight is 389 g/mol. The van der Waals surface area contributed by atoms with Crippen LogP contribution in [0.1, 0.15) is 42.3 Å². The first-order valence-corrected chi connectivity index (χ1v) is 9.85. The zero-order valence-electron chi connectivity index (χ0n) is 16.4. The van der Waals surface area contributed by atoms with Gasteiger partial charge in [0.2, 0.25) is 11.9 Å². The first kappa shape index (κ1) is 18.9. The number of nitrogens with one attached hydrogen (secondary N) is 2. The molecule has 1 atom stereocenters. The van der Waals surface area contributed by atoms with Gasteiger partial charge in [0.15, 0.2) is 0 Å². The number of fused-ring (bicyclic) bond motifs is 1.